The fourth-order valence-electron chi connectivity index (χ4n) is 7.09. The van der Waals surface area contributed by atoms with Gasteiger partial charge in [-0.3, -0.25) is 19.2 Å². The summed E-state index contributed by atoms with van der Waals surface area (Å²) < 4.78 is 57.7. The van der Waals surface area contributed by atoms with Crippen LogP contribution in [-0.2, 0) is 19.2 Å². The van der Waals surface area contributed by atoms with Gasteiger partial charge >= 0.3 is 23.6 Å². The number of carbonyl (C=O) groups is 4. The lowest BCUT2D eigenvalue weighted by molar-refractivity contribution is -0.144. The molecule has 0 bridgehead atoms. The fraction of sp³-hybridized carbons (Fsp3) is 0.429. The van der Waals surface area contributed by atoms with Gasteiger partial charge in [-0.25, -0.2) is 17.6 Å². The SMILES string of the molecule is CCC1CCN(C(=O)C(=O)Nc2cn(C3CCC(CCNC(=O)C(=O)Nc4c[nH]c5cc(F)c(F)cc45)CC3)c3cc(F)c(F)cc23)CC1. The van der Waals surface area contributed by atoms with Gasteiger partial charge in [0.05, 0.1) is 22.4 Å². The fourth-order valence-corrected chi connectivity index (χ4v) is 7.09. The van der Waals surface area contributed by atoms with E-state index in [1.807, 2.05) is 4.57 Å². The molecule has 4 amide bonds. The minimum Gasteiger partial charge on any atom is -0.359 e. The smallest absolute Gasteiger partial charge is 0.313 e. The van der Waals surface area contributed by atoms with Crippen LogP contribution in [0.5, 0.6) is 0 Å². The molecule has 2 aromatic heterocycles. The van der Waals surface area contributed by atoms with E-state index in [1.54, 1.807) is 6.20 Å². The Kier molecular flexibility index (Phi) is 9.93. The van der Waals surface area contributed by atoms with Crippen molar-refractivity contribution in [2.45, 2.75) is 64.3 Å². The highest BCUT2D eigenvalue weighted by Crippen LogP contribution is 2.39. The number of carbonyl (C=O) groups excluding carboxylic acids is 4. The quantitative estimate of drug-likeness (QED) is 0.138. The second kappa shape index (κ2) is 14.3. The molecule has 2 aliphatic rings. The van der Waals surface area contributed by atoms with Crippen molar-refractivity contribution in [1.82, 2.24) is 19.8 Å². The number of rotatable bonds is 7. The number of H-pyrrole nitrogens is 1. The first-order valence-electron chi connectivity index (χ1n) is 16.7. The molecule has 0 spiro atoms. The zero-order valence-electron chi connectivity index (χ0n) is 27.0. The van der Waals surface area contributed by atoms with Gasteiger partial charge in [0.15, 0.2) is 23.3 Å². The van der Waals surface area contributed by atoms with Crippen LogP contribution >= 0.6 is 0 Å². The van der Waals surface area contributed by atoms with E-state index in [0.717, 1.165) is 56.4 Å². The number of halogens is 4. The number of fused-ring (bicyclic) bond motifs is 2. The molecule has 10 nitrogen and oxygen atoms in total. The maximum atomic E-state index is 14.4. The van der Waals surface area contributed by atoms with Gasteiger partial charge in [-0.05, 0) is 68.9 Å². The summed E-state index contributed by atoms with van der Waals surface area (Å²) in [6.07, 6.45) is 9.20. The Morgan fingerprint density at radius 3 is 2.08 bits per heavy atom. The first-order valence-corrected chi connectivity index (χ1v) is 16.7. The molecule has 6 rings (SSSR count). The highest BCUT2D eigenvalue weighted by molar-refractivity contribution is 6.40. The topological polar surface area (TPSA) is 128 Å². The molecule has 0 radical (unpaired) electrons. The minimum absolute atomic E-state index is 0.0760. The van der Waals surface area contributed by atoms with Crippen LogP contribution in [0.4, 0.5) is 28.9 Å². The predicted octanol–water partition coefficient (Wildman–Crippen LogP) is 6.14. The van der Waals surface area contributed by atoms with Crippen LogP contribution in [0.15, 0.2) is 36.7 Å². The van der Waals surface area contributed by atoms with Gasteiger partial charge in [-0.2, -0.15) is 0 Å². The molecule has 4 aromatic rings. The number of amides is 4. The molecule has 1 saturated carbocycles. The molecule has 0 unspecified atom stereocenters. The molecule has 1 saturated heterocycles. The zero-order valence-corrected chi connectivity index (χ0v) is 27.0. The van der Waals surface area contributed by atoms with E-state index in [-0.39, 0.29) is 40.8 Å². The van der Waals surface area contributed by atoms with Gasteiger partial charge in [0.1, 0.15) is 0 Å². The molecule has 260 valence electrons. The van der Waals surface area contributed by atoms with Crippen molar-refractivity contribution in [3.05, 3.63) is 59.9 Å². The lowest BCUT2D eigenvalue weighted by Crippen LogP contribution is -2.44. The number of benzene rings is 2. The second-order valence-corrected chi connectivity index (χ2v) is 13.0. The van der Waals surface area contributed by atoms with E-state index >= 15 is 0 Å². The van der Waals surface area contributed by atoms with Crippen molar-refractivity contribution in [3.8, 4) is 0 Å². The molecule has 2 fully saturated rings. The highest BCUT2D eigenvalue weighted by atomic mass is 19.2. The molecule has 1 aliphatic heterocycles. The predicted molar refractivity (Wildman–Crippen MR) is 176 cm³/mol. The number of hydrogen-bond donors (Lipinski definition) is 4. The lowest BCUT2D eigenvalue weighted by atomic mass is 9.84. The van der Waals surface area contributed by atoms with Crippen molar-refractivity contribution in [2.24, 2.45) is 11.8 Å². The highest BCUT2D eigenvalue weighted by Gasteiger charge is 2.29. The van der Waals surface area contributed by atoms with E-state index < -0.39 is 46.9 Å². The largest absolute Gasteiger partial charge is 0.359 e. The summed E-state index contributed by atoms with van der Waals surface area (Å²) in [5, 5.41) is 8.20. The molecule has 0 atom stereocenters. The third-order valence-corrected chi connectivity index (χ3v) is 10.0. The summed E-state index contributed by atoms with van der Waals surface area (Å²) in [4.78, 5) is 55.0. The van der Waals surface area contributed by atoms with Crippen LogP contribution in [0.25, 0.3) is 21.8 Å². The second-order valence-electron chi connectivity index (χ2n) is 13.0. The first-order chi connectivity index (χ1) is 23.5. The van der Waals surface area contributed by atoms with Gasteiger partial charge < -0.3 is 30.4 Å². The summed E-state index contributed by atoms with van der Waals surface area (Å²) in [6.45, 7) is 3.35. The average Bonchev–Trinajstić information content (AvgIpc) is 3.64. The Labute approximate surface area is 279 Å². The molecular formula is C35H38F4N6O4. The molecule has 2 aromatic carbocycles. The number of nitrogens with one attached hydrogen (secondary N) is 4. The van der Waals surface area contributed by atoms with Crippen molar-refractivity contribution >= 4 is 56.8 Å². The van der Waals surface area contributed by atoms with Gasteiger partial charge in [0.25, 0.3) is 0 Å². The first kappa shape index (κ1) is 34.0. The number of nitrogens with zero attached hydrogens (tertiary/aromatic N) is 2. The summed E-state index contributed by atoms with van der Waals surface area (Å²) in [5.74, 6) is -6.69. The number of aromatic amines is 1. The number of piperidine rings is 1. The van der Waals surface area contributed by atoms with Crippen molar-refractivity contribution < 1.29 is 36.7 Å². The molecule has 4 N–H and O–H groups in total. The summed E-state index contributed by atoms with van der Waals surface area (Å²) in [6, 6.07) is 3.97. The van der Waals surface area contributed by atoms with Crippen LogP contribution in [0, 0.1) is 35.1 Å². The van der Waals surface area contributed by atoms with E-state index in [4.69, 9.17) is 0 Å². The third kappa shape index (κ3) is 7.27. The van der Waals surface area contributed by atoms with Crippen LogP contribution in [0.3, 0.4) is 0 Å². The van der Waals surface area contributed by atoms with Gasteiger partial charge in [0.2, 0.25) is 0 Å². The molecule has 3 heterocycles. The number of anilines is 2. The Morgan fingerprint density at radius 1 is 0.755 bits per heavy atom. The van der Waals surface area contributed by atoms with E-state index in [0.29, 0.717) is 49.2 Å². The Morgan fingerprint density at radius 2 is 1.39 bits per heavy atom. The van der Waals surface area contributed by atoms with Crippen LogP contribution < -0.4 is 16.0 Å². The standard InChI is InChI=1S/C35H38F4N6O4/c1-2-19-8-11-44(12-9-19)35(49)34(48)43-30-18-45(31-16-27(39)25(37)14-23(30)31)21-5-3-20(4-6-21)7-10-40-32(46)33(47)42-29-17-41-28-15-26(38)24(36)13-22(28)29/h13-21,41H,2-12H2,1H3,(H,40,46)(H,42,47)(H,43,48). The third-order valence-electron chi connectivity index (χ3n) is 10.0. The van der Waals surface area contributed by atoms with E-state index in [1.165, 1.54) is 11.1 Å². The molecule has 14 heteroatoms. The van der Waals surface area contributed by atoms with E-state index in [2.05, 4.69) is 27.9 Å². The number of hydrogen-bond acceptors (Lipinski definition) is 4. The van der Waals surface area contributed by atoms with Crippen LogP contribution in [0.2, 0.25) is 0 Å². The summed E-state index contributed by atoms with van der Waals surface area (Å²) >= 11 is 0. The van der Waals surface area contributed by atoms with Crippen molar-refractivity contribution in [1.29, 1.82) is 0 Å². The van der Waals surface area contributed by atoms with Crippen molar-refractivity contribution in [2.75, 3.05) is 30.3 Å². The van der Waals surface area contributed by atoms with Crippen molar-refractivity contribution in [3.63, 3.8) is 0 Å². The Hall–Kier alpha value is -4.88. The van der Waals surface area contributed by atoms with E-state index in [9.17, 15) is 36.7 Å². The summed E-state index contributed by atoms with van der Waals surface area (Å²) in [7, 11) is 0. The molecule has 49 heavy (non-hydrogen) atoms. The maximum Gasteiger partial charge on any atom is 0.313 e. The monoisotopic (exact) mass is 682 g/mol. The normalized spacial score (nSPS) is 18.5. The Balaban J connectivity index is 1.03. The van der Waals surface area contributed by atoms with Gasteiger partial charge in [0, 0.05) is 61.0 Å². The molecular weight excluding hydrogens is 644 g/mol. The maximum absolute atomic E-state index is 14.4. The number of likely N-dealkylation sites (tertiary alicyclic amines) is 1. The zero-order chi connectivity index (χ0) is 34.8. The van der Waals surface area contributed by atoms with Gasteiger partial charge in [-0.15, -0.1) is 0 Å². The average molecular weight is 683 g/mol. The lowest BCUT2D eigenvalue weighted by Gasteiger charge is -2.31. The number of aromatic nitrogens is 2. The van der Waals surface area contributed by atoms with Crippen LogP contribution in [0.1, 0.15) is 64.3 Å². The van der Waals surface area contributed by atoms with Gasteiger partial charge in [-0.1, -0.05) is 13.3 Å². The summed E-state index contributed by atoms with van der Waals surface area (Å²) in [5.41, 5.74) is 1.07. The molecule has 1 aliphatic carbocycles. The Bertz CT molecular complexity index is 1910. The minimum atomic E-state index is -1.08. The van der Waals surface area contributed by atoms with Crippen LogP contribution in [-0.4, -0.2) is 57.7 Å².